The Morgan fingerprint density at radius 3 is 2.57 bits per heavy atom. The van der Waals surface area contributed by atoms with Gasteiger partial charge in [0.2, 0.25) is 11.4 Å². The summed E-state index contributed by atoms with van der Waals surface area (Å²) in [7, 11) is 0. The summed E-state index contributed by atoms with van der Waals surface area (Å²) in [5, 5.41) is 28.9. The van der Waals surface area contributed by atoms with Gasteiger partial charge in [0.15, 0.2) is 5.60 Å². The fourth-order valence-corrected chi connectivity index (χ4v) is 6.87. The Balaban J connectivity index is 0.962. The molecule has 1 fully saturated rings. The molecule has 0 unspecified atom stereocenters. The Morgan fingerprint density at radius 1 is 0.913 bits per heavy atom. The Labute approximate surface area is 269 Å². The lowest BCUT2D eigenvalue weighted by Gasteiger charge is -2.36. The van der Waals surface area contributed by atoms with Crippen molar-refractivity contribution in [2.75, 3.05) is 19.6 Å². The number of phenols is 1. The zero-order chi connectivity index (χ0) is 31.8. The monoisotopic (exact) mass is 621 g/mol. The van der Waals surface area contributed by atoms with Gasteiger partial charge in [-0.2, -0.15) is 0 Å². The fourth-order valence-electron chi connectivity index (χ4n) is 6.87. The van der Waals surface area contributed by atoms with Crippen molar-refractivity contribution in [3.8, 4) is 5.75 Å². The van der Waals surface area contributed by atoms with Crippen LogP contribution >= 0.6 is 0 Å². The maximum Gasteiger partial charge on any atom is 0.248 e. The molecule has 2 heterocycles. The number of benzene rings is 3. The molecule has 0 spiro atoms. The number of hydrogen-bond acceptors (Lipinski definition) is 6. The highest BCUT2D eigenvalue weighted by Crippen LogP contribution is 2.43. The van der Waals surface area contributed by atoms with E-state index in [2.05, 4.69) is 44.9 Å². The molecule has 0 radical (unpaired) electrons. The molecule has 6 rings (SSSR count). The summed E-state index contributed by atoms with van der Waals surface area (Å²) in [5.41, 5.74) is 3.62. The van der Waals surface area contributed by atoms with Crippen LogP contribution in [0.1, 0.15) is 66.0 Å². The SMILES string of the molecule is O=c1ccc2c(CC[NH2+]CCc3cccc(CNCCc4cnc([C@](O)(c5ccccc5)C5CCCCC5)o4)c3)ccc(O)c2[nH]1. The minimum atomic E-state index is -1.20. The molecule has 3 aromatic carbocycles. The summed E-state index contributed by atoms with van der Waals surface area (Å²) in [4.78, 5) is 19.0. The van der Waals surface area contributed by atoms with Gasteiger partial charge in [-0.25, -0.2) is 4.98 Å². The number of rotatable bonds is 14. The van der Waals surface area contributed by atoms with Crippen LogP contribution in [-0.2, 0) is 31.4 Å². The number of H-pyrrole nitrogens is 1. The van der Waals surface area contributed by atoms with Crippen LogP contribution in [0.5, 0.6) is 5.75 Å². The van der Waals surface area contributed by atoms with Crippen molar-refractivity contribution in [3.05, 3.63) is 129 Å². The van der Waals surface area contributed by atoms with E-state index in [-0.39, 0.29) is 17.2 Å². The second-order valence-corrected chi connectivity index (χ2v) is 12.6. The van der Waals surface area contributed by atoms with Crippen molar-refractivity contribution in [3.63, 3.8) is 0 Å². The summed E-state index contributed by atoms with van der Waals surface area (Å²) in [6.45, 7) is 3.42. The van der Waals surface area contributed by atoms with Gasteiger partial charge in [-0.15, -0.1) is 0 Å². The molecular formula is C38H45N4O4+. The van der Waals surface area contributed by atoms with E-state index < -0.39 is 5.60 Å². The van der Waals surface area contributed by atoms with Gasteiger partial charge in [0.05, 0.1) is 24.8 Å². The number of nitrogens with one attached hydrogen (secondary N) is 2. The molecule has 8 nitrogen and oxygen atoms in total. The number of pyridine rings is 1. The van der Waals surface area contributed by atoms with Crippen LogP contribution in [0.4, 0.5) is 0 Å². The van der Waals surface area contributed by atoms with E-state index in [4.69, 9.17) is 4.42 Å². The van der Waals surface area contributed by atoms with Crippen LogP contribution in [0, 0.1) is 5.92 Å². The van der Waals surface area contributed by atoms with E-state index in [9.17, 15) is 15.0 Å². The molecule has 2 aromatic heterocycles. The summed E-state index contributed by atoms with van der Waals surface area (Å²) in [6.07, 6.45) is 9.72. The van der Waals surface area contributed by atoms with Crippen molar-refractivity contribution in [1.29, 1.82) is 0 Å². The van der Waals surface area contributed by atoms with Gasteiger partial charge < -0.3 is 30.2 Å². The maximum absolute atomic E-state index is 12.0. The van der Waals surface area contributed by atoms with Gasteiger partial charge >= 0.3 is 0 Å². The van der Waals surface area contributed by atoms with E-state index in [0.29, 0.717) is 17.8 Å². The number of nitrogens with two attached hydrogens (primary N) is 1. The first-order chi connectivity index (χ1) is 22.5. The zero-order valence-electron chi connectivity index (χ0n) is 26.4. The quantitative estimate of drug-likeness (QED) is 0.114. The Kier molecular flexibility index (Phi) is 10.3. The minimum Gasteiger partial charge on any atom is -0.506 e. The normalized spacial score (nSPS) is 15.2. The number of oxazole rings is 1. The van der Waals surface area contributed by atoms with Gasteiger partial charge in [-0.05, 0) is 47.2 Å². The molecule has 5 aromatic rings. The fraction of sp³-hybridized carbons (Fsp3) is 0.368. The molecule has 240 valence electrons. The third kappa shape index (κ3) is 7.41. The summed E-state index contributed by atoms with van der Waals surface area (Å²) in [6, 6.07) is 25.5. The molecule has 0 amide bonds. The molecule has 1 atom stereocenters. The minimum absolute atomic E-state index is 0.100. The van der Waals surface area contributed by atoms with Crippen molar-refractivity contribution in [2.24, 2.45) is 5.92 Å². The van der Waals surface area contributed by atoms with Crippen LogP contribution in [0.15, 0.2) is 94.3 Å². The lowest BCUT2D eigenvalue weighted by Crippen LogP contribution is -2.85. The molecule has 1 aliphatic carbocycles. The molecule has 0 aliphatic heterocycles. The number of aliphatic hydroxyl groups is 1. The molecular weight excluding hydrogens is 576 g/mol. The first-order valence-electron chi connectivity index (χ1n) is 16.7. The Bertz CT molecular complexity index is 1780. The topological polar surface area (TPSA) is 128 Å². The van der Waals surface area contributed by atoms with Crippen molar-refractivity contribution in [2.45, 2.75) is 63.5 Å². The molecule has 46 heavy (non-hydrogen) atoms. The smallest absolute Gasteiger partial charge is 0.248 e. The summed E-state index contributed by atoms with van der Waals surface area (Å²) in [5.74, 6) is 1.40. The van der Waals surface area contributed by atoms with Crippen LogP contribution < -0.4 is 16.2 Å². The largest absolute Gasteiger partial charge is 0.506 e. The lowest BCUT2D eigenvalue weighted by molar-refractivity contribution is -0.653. The second kappa shape index (κ2) is 14.9. The number of aromatic amines is 1. The van der Waals surface area contributed by atoms with Crippen LogP contribution in [0.3, 0.4) is 0 Å². The van der Waals surface area contributed by atoms with Gasteiger partial charge in [0, 0.05) is 49.7 Å². The highest BCUT2D eigenvalue weighted by atomic mass is 16.4. The Hall–Kier alpha value is -4.24. The molecule has 8 heteroatoms. The van der Waals surface area contributed by atoms with Gasteiger partial charge in [-0.1, -0.05) is 79.9 Å². The number of quaternary nitrogens is 1. The van der Waals surface area contributed by atoms with E-state index in [1.165, 1.54) is 23.6 Å². The molecule has 1 saturated carbocycles. The van der Waals surface area contributed by atoms with Crippen molar-refractivity contribution >= 4 is 10.9 Å². The van der Waals surface area contributed by atoms with Gasteiger partial charge in [-0.3, -0.25) is 4.79 Å². The number of aromatic hydroxyl groups is 1. The van der Waals surface area contributed by atoms with Gasteiger partial charge in [0.25, 0.3) is 0 Å². The first-order valence-corrected chi connectivity index (χ1v) is 16.7. The standard InChI is InChI=1S/C38H44N4O4/c43-34-16-14-29(33-15-17-35(44)42-36(33)34)19-22-39-21-18-27-8-7-9-28(24-27)25-40-23-20-32-26-41-37(46-32)38(45,30-10-3-1-4-11-30)31-12-5-2-6-13-31/h1,3-4,7-11,14-17,24,26,31,39-40,43,45H,2,5-6,12-13,18-23,25H2,(H,42,44)/p+1/t38-/m0/s1. The highest BCUT2D eigenvalue weighted by molar-refractivity contribution is 5.87. The van der Waals surface area contributed by atoms with Gasteiger partial charge in [0.1, 0.15) is 11.5 Å². The number of nitrogens with zero attached hydrogens (tertiary/aromatic N) is 1. The molecule has 1 aliphatic rings. The van der Waals surface area contributed by atoms with Crippen molar-refractivity contribution < 1.29 is 19.9 Å². The Morgan fingerprint density at radius 2 is 1.72 bits per heavy atom. The third-order valence-corrected chi connectivity index (χ3v) is 9.38. The summed E-state index contributed by atoms with van der Waals surface area (Å²) < 4.78 is 6.22. The molecule has 6 N–H and O–H groups in total. The average Bonchev–Trinajstić information content (AvgIpc) is 3.58. The van der Waals surface area contributed by atoms with Crippen molar-refractivity contribution in [1.82, 2.24) is 15.3 Å². The van der Waals surface area contributed by atoms with E-state index in [0.717, 1.165) is 87.0 Å². The number of fused-ring (bicyclic) bond motifs is 1. The highest BCUT2D eigenvalue weighted by Gasteiger charge is 2.44. The lowest BCUT2D eigenvalue weighted by atomic mass is 9.73. The first kappa shape index (κ1) is 31.7. The second-order valence-electron chi connectivity index (χ2n) is 12.6. The van der Waals surface area contributed by atoms with Crippen LogP contribution in [0.2, 0.25) is 0 Å². The number of aromatic nitrogens is 2. The average molecular weight is 622 g/mol. The van der Waals surface area contributed by atoms with Crippen LogP contribution in [0.25, 0.3) is 10.9 Å². The predicted octanol–water partition coefficient (Wildman–Crippen LogP) is 4.72. The molecule has 0 saturated heterocycles. The third-order valence-electron chi connectivity index (χ3n) is 9.38. The zero-order valence-corrected chi connectivity index (χ0v) is 26.4. The number of hydrogen-bond donors (Lipinski definition) is 5. The predicted molar refractivity (Wildman–Crippen MR) is 180 cm³/mol. The molecule has 0 bridgehead atoms. The van der Waals surface area contributed by atoms with E-state index >= 15 is 0 Å². The summed E-state index contributed by atoms with van der Waals surface area (Å²) >= 11 is 0. The maximum atomic E-state index is 12.0. The number of phenolic OH excluding ortho intramolecular Hbond substituents is 1. The van der Waals surface area contributed by atoms with E-state index in [1.54, 1.807) is 18.3 Å². The van der Waals surface area contributed by atoms with E-state index in [1.807, 2.05) is 36.4 Å². The van der Waals surface area contributed by atoms with Crippen LogP contribution in [-0.4, -0.2) is 39.8 Å².